The summed E-state index contributed by atoms with van der Waals surface area (Å²) in [6.45, 7) is 2.12. The normalized spacial score (nSPS) is 15.4. The summed E-state index contributed by atoms with van der Waals surface area (Å²) in [6.07, 6.45) is 5.10. The Balaban J connectivity index is 1.24. The van der Waals surface area contributed by atoms with Crippen molar-refractivity contribution < 1.29 is 13.6 Å². The van der Waals surface area contributed by atoms with Gasteiger partial charge < -0.3 is 4.98 Å². The number of aromatic nitrogens is 6. The van der Waals surface area contributed by atoms with Crippen LogP contribution in [0.5, 0.6) is 0 Å². The molecule has 0 atom stereocenters. The second kappa shape index (κ2) is 9.39. The molecule has 6 heterocycles. The molecule has 1 fully saturated rings. The molecule has 8 nitrogen and oxygen atoms in total. The minimum absolute atomic E-state index is 0.0377. The average molecular weight is 556 g/mol. The Morgan fingerprint density at radius 3 is 2.80 bits per heavy atom. The van der Waals surface area contributed by atoms with Gasteiger partial charge in [-0.2, -0.15) is 5.10 Å². The number of halogens is 2. The molecule has 11 heteroatoms. The van der Waals surface area contributed by atoms with Gasteiger partial charge in [0.15, 0.2) is 17.3 Å². The predicted octanol–water partition coefficient (Wildman–Crippen LogP) is 6.34. The standard InChI is InChI=1S/C29H23F2N7OS/c1-16(39)23-5-6-24(40-23)20-3-2-4-22-25(20)35-28(34-22)26-21-10-19(13-33-27(21)37-36-26)18-9-17(11-32-12-18)14-38-8-7-29(30,31)15-38/h2-6,9-13H,7-8,14-15H2,1H3,(H,34,35)(H,33,36,37). The highest BCUT2D eigenvalue weighted by molar-refractivity contribution is 7.17. The van der Waals surface area contributed by atoms with Gasteiger partial charge in [-0.05, 0) is 42.8 Å². The molecular formula is C29H23F2N7OS. The lowest BCUT2D eigenvalue weighted by molar-refractivity contribution is 0.0115. The number of Topliss-reactive ketones (excluding diaryl/α,β-unsaturated/α-hetero) is 1. The van der Waals surface area contributed by atoms with E-state index in [4.69, 9.17) is 4.98 Å². The number of likely N-dealkylation sites (tertiary alicyclic amines) is 1. The minimum atomic E-state index is -2.63. The van der Waals surface area contributed by atoms with Gasteiger partial charge in [0, 0.05) is 59.7 Å². The van der Waals surface area contributed by atoms with E-state index in [2.05, 4.69) is 25.1 Å². The molecule has 1 aliphatic rings. The van der Waals surface area contributed by atoms with E-state index in [1.54, 1.807) is 30.4 Å². The molecule has 0 unspecified atom stereocenters. The zero-order valence-electron chi connectivity index (χ0n) is 21.4. The molecule has 7 rings (SSSR count). The summed E-state index contributed by atoms with van der Waals surface area (Å²) in [4.78, 5) is 32.5. The Hall–Kier alpha value is -4.35. The smallest absolute Gasteiger partial charge is 0.261 e. The van der Waals surface area contributed by atoms with Gasteiger partial charge in [-0.3, -0.25) is 19.8 Å². The van der Waals surface area contributed by atoms with Crippen molar-refractivity contribution in [2.24, 2.45) is 0 Å². The van der Waals surface area contributed by atoms with E-state index in [1.807, 2.05) is 42.5 Å². The van der Waals surface area contributed by atoms with Crippen molar-refractivity contribution >= 4 is 39.2 Å². The van der Waals surface area contributed by atoms with Gasteiger partial charge in [-0.15, -0.1) is 11.3 Å². The number of benzene rings is 1. The summed E-state index contributed by atoms with van der Waals surface area (Å²) >= 11 is 1.45. The average Bonchev–Trinajstić information content (AvgIpc) is 3.73. The SMILES string of the molecule is CC(=O)c1ccc(-c2cccc3[nH]c(-c4n[nH]c5ncc(-c6cncc(CN7CCC(F)(F)C7)c6)cc45)nc23)s1. The number of nitrogens with one attached hydrogen (secondary N) is 2. The third-order valence-corrected chi connectivity index (χ3v) is 8.37. The summed E-state index contributed by atoms with van der Waals surface area (Å²) in [7, 11) is 0. The molecule has 200 valence electrons. The van der Waals surface area contributed by atoms with Crippen LogP contribution >= 0.6 is 11.3 Å². The number of carbonyl (C=O) groups excluding carboxylic acids is 1. The Kier molecular flexibility index (Phi) is 5.79. The lowest BCUT2D eigenvalue weighted by Gasteiger charge is -2.15. The second-order valence-electron chi connectivity index (χ2n) is 10.1. The summed E-state index contributed by atoms with van der Waals surface area (Å²) in [6, 6.07) is 13.7. The van der Waals surface area contributed by atoms with Crippen molar-refractivity contribution in [1.82, 2.24) is 35.0 Å². The number of rotatable bonds is 6. The van der Waals surface area contributed by atoms with Gasteiger partial charge >= 0.3 is 0 Å². The number of H-pyrrole nitrogens is 2. The number of pyridine rings is 2. The predicted molar refractivity (Wildman–Crippen MR) is 150 cm³/mol. The first-order valence-electron chi connectivity index (χ1n) is 12.8. The highest BCUT2D eigenvalue weighted by Gasteiger charge is 2.37. The zero-order chi connectivity index (χ0) is 27.4. The fraction of sp³-hybridized carbons (Fsp3) is 0.207. The van der Waals surface area contributed by atoms with E-state index in [9.17, 15) is 13.6 Å². The van der Waals surface area contributed by atoms with Gasteiger partial charge in [0.25, 0.3) is 5.92 Å². The van der Waals surface area contributed by atoms with Crippen molar-refractivity contribution in [1.29, 1.82) is 0 Å². The van der Waals surface area contributed by atoms with Crippen LogP contribution in [-0.2, 0) is 6.54 Å². The summed E-state index contributed by atoms with van der Waals surface area (Å²) < 4.78 is 27.3. The summed E-state index contributed by atoms with van der Waals surface area (Å²) in [5, 5.41) is 8.29. The van der Waals surface area contributed by atoms with Crippen molar-refractivity contribution in [3.05, 3.63) is 71.5 Å². The molecule has 0 radical (unpaired) electrons. The molecule has 2 N–H and O–H groups in total. The number of imidazole rings is 1. The van der Waals surface area contributed by atoms with Crippen LogP contribution in [0.3, 0.4) is 0 Å². The van der Waals surface area contributed by atoms with E-state index in [1.165, 1.54) is 11.3 Å². The van der Waals surface area contributed by atoms with Crippen LogP contribution in [0.2, 0.25) is 0 Å². The Labute approximate surface area is 231 Å². The van der Waals surface area contributed by atoms with Gasteiger partial charge in [-0.25, -0.2) is 18.7 Å². The number of fused-ring (bicyclic) bond motifs is 2. The lowest BCUT2D eigenvalue weighted by Crippen LogP contribution is -2.24. The van der Waals surface area contributed by atoms with Crippen LogP contribution in [0.25, 0.3) is 55.2 Å². The molecule has 0 amide bonds. The molecule has 0 aliphatic carbocycles. The number of alkyl halides is 2. The van der Waals surface area contributed by atoms with Crippen LogP contribution in [0.15, 0.2) is 61.1 Å². The van der Waals surface area contributed by atoms with Crippen LogP contribution in [0.4, 0.5) is 8.78 Å². The van der Waals surface area contributed by atoms with Gasteiger partial charge in [-0.1, -0.05) is 12.1 Å². The highest BCUT2D eigenvalue weighted by atomic mass is 32.1. The minimum Gasteiger partial charge on any atom is -0.337 e. The molecule has 5 aromatic heterocycles. The summed E-state index contributed by atoms with van der Waals surface area (Å²) in [5.41, 5.74) is 6.38. The highest BCUT2D eigenvalue weighted by Crippen LogP contribution is 2.35. The molecule has 6 aromatic rings. The summed E-state index contributed by atoms with van der Waals surface area (Å²) in [5.74, 6) is -2.00. The number of aromatic amines is 2. The first-order valence-corrected chi connectivity index (χ1v) is 13.6. The molecule has 1 aliphatic heterocycles. The van der Waals surface area contributed by atoms with Crippen LogP contribution in [-0.4, -0.2) is 59.8 Å². The number of hydrogen-bond donors (Lipinski definition) is 2. The molecule has 0 saturated carbocycles. The molecule has 1 saturated heterocycles. The number of hydrogen-bond acceptors (Lipinski definition) is 7. The first kappa shape index (κ1) is 24.7. The third-order valence-electron chi connectivity index (χ3n) is 7.15. The van der Waals surface area contributed by atoms with E-state index < -0.39 is 5.92 Å². The fourth-order valence-electron chi connectivity index (χ4n) is 5.19. The van der Waals surface area contributed by atoms with Crippen molar-refractivity contribution in [2.45, 2.75) is 25.8 Å². The number of ketones is 1. The zero-order valence-corrected chi connectivity index (χ0v) is 22.2. The number of thiophene rings is 1. The van der Waals surface area contributed by atoms with Gasteiger partial charge in [0.05, 0.1) is 27.8 Å². The monoisotopic (exact) mass is 555 g/mol. The van der Waals surface area contributed by atoms with Gasteiger partial charge in [0.2, 0.25) is 0 Å². The first-order chi connectivity index (χ1) is 19.3. The van der Waals surface area contributed by atoms with E-state index >= 15 is 0 Å². The molecule has 0 bridgehead atoms. The quantitative estimate of drug-likeness (QED) is 0.233. The molecule has 0 spiro atoms. The molecule has 1 aromatic carbocycles. The van der Waals surface area contributed by atoms with Crippen LogP contribution in [0.1, 0.15) is 28.6 Å². The van der Waals surface area contributed by atoms with Crippen molar-refractivity contribution in [3.63, 3.8) is 0 Å². The molecule has 40 heavy (non-hydrogen) atoms. The van der Waals surface area contributed by atoms with Crippen LogP contribution < -0.4 is 0 Å². The maximum atomic E-state index is 13.6. The van der Waals surface area contributed by atoms with Crippen LogP contribution in [0, 0.1) is 0 Å². The van der Waals surface area contributed by atoms with Crippen molar-refractivity contribution in [2.75, 3.05) is 13.1 Å². The topological polar surface area (TPSA) is 103 Å². The number of nitrogens with zero attached hydrogens (tertiary/aromatic N) is 5. The third kappa shape index (κ3) is 4.46. The number of para-hydroxylation sites is 1. The maximum absolute atomic E-state index is 13.6. The lowest BCUT2D eigenvalue weighted by atomic mass is 10.1. The van der Waals surface area contributed by atoms with Crippen molar-refractivity contribution in [3.8, 4) is 33.1 Å². The van der Waals surface area contributed by atoms with E-state index in [-0.39, 0.29) is 18.7 Å². The Morgan fingerprint density at radius 2 is 2.00 bits per heavy atom. The molecular weight excluding hydrogens is 532 g/mol. The Bertz CT molecular complexity index is 1910. The maximum Gasteiger partial charge on any atom is 0.261 e. The largest absolute Gasteiger partial charge is 0.337 e. The van der Waals surface area contributed by atoms with Gasteiger partial charge in [0.1, 0.15) is 5.69 Å². The fourth-order valence-corrected chi connectivity index (χ4v) is 6.12. The van der Waals surface area contributed by atoms with E-state index in [0.29, 0.717) is 35.1 Å². The Morgan fingerprint density at radius 1 is 1.12 bits per heavy atom. The number of carbonyl (C=O) groups is 1. The van der Waals surface area contributed by atoms with E-state index in [0.717, 1.165) is 43.6 Å². The second-order valence-corrected chi connectivity index (χ2v) is 11.2.